The van der Waals surface area contributed by atoms with Crippen molar-refractivity contribution < 1.29 is 9.72 Å². The molecule has 0 unspecified atom stereocenters. The van der Waals surface area contributed by atoms with E-state index in [1.165, 1.54) is 24.4 Å². The molecule has 0 saturated heterocycles. The third-order valence-corrected chi connectivity index (χ3v) is 4.99. The van der Waals surface area contributed by atoms with Gasteiger partial charge in [-0.2, -0.15) is 0 Å². The second-order valence-electron chi connectivity index (χ2n) is 6.20. The van der Waals surface area contributed by atoms with E-state index in [-0.39, 0.29) is 22.9 Å². The minimum Gasteiger partial charge on any atom is -0.338 e. The number of aromatic amines is 2. The number of carbonyl (C=O) groups excluding carboxylic acids is 1. The molecule has 2 heterocycles. The molecule has 3 N–H and O–H groups in total. The molecule has 10 nitrogen and oxygen atoms in total. The average Bonchev–Trinajstić information content (AvgIpc) is 3.16. The molecule has 150 valence electrons. The summed E-state index contributed by atoms with van der Waals surface area (Å²) in [6.45, 7) is 0. The number of carbonyl (C=O) groups is 1. The number of anilines is 1. The van der Waals surface area contributed by atoms with Gasteiger partial charge in [0, 0.05) is 35.6 Å². The quantitative estimate of drug-likeness (QED) is 0.187. The van der Waals surface area contributed by atoms with E-state index in [2.05, 4.69) is 25.3 Å². The number of non-ortho nitro benzene ring substituents is 1. The largest absolute Gasteiger partial charge is 0.338 e. The van der Waals surface area contributed by atoms with Crippen molar-refractivity contribution in [3.63, 3.8) is 0 Å². The minimum absolute atomic E-state index is 0.0107. The highest BCUT2D eigenvalue weighted by Crippen LogP contribution is 2.25. The highest BCUT2D eigenvalue weighted by atomic mass is 32.2. The van der Waals surface area contributed by atoms with E-state index in [1.807, 2.05) is 0 Å². The number of H-pyrrole nitrogens is 2. The Morgan fingerprint density at radius 2 is 1.93 bits per heavy atom. The molecular formula is C19H14N6O4S. The third kappa shape index (κ3) is 4.36. The average molecular weight is 422 g/mol. The smallest absolute Gasteiger partial charge is 0.271 e. The lowest BCUT2D eigenvalue weighted by Crippen LogP contribution is -2.15. The van der Waals surface area contributed by atoms with Gasteiger partial charge in [-0.25, -0.2) is 9.97 Å². The first-order chi connectivity index (χ1) is 14.5. The molecule has 0 aliphatic heterocycles. The molecule has 0 aliphatic carbocycles. The second kappa shape index (κ2) is 8.17. The van der Waals surface area contributed by atoms with Gasteiger partial charge in [0.1, 0.15) is 5.82 Å². The van der Waals surface area contributed by atoms with E-state index in [0.29, 0.717) is 27.7 Å². The predicted octanol–water partition coefficient (Wildman–Crippen LogP) is 2.95. The SMILES string of the molecule is O=C(CSc1nccc(=O)[nH]1)Nc1ccc(-c2nc3ccc([N+](=O)[O-])cc3[nH]2)cc1. The van der Waals surface area contributed by atoms with Crippen LogP contribution in [0.2, 0.25) is 0 Å². The molecule has 2 aromatic heterocycles. The standard InChI is InChI=1S/C19H14N6O4S/c26-16-7-8-20-19(24-16)30-10-17(27)21-12-3-1-11(2-4-12)18-22-14-6-5-13(25(28)29)9-15(14)23-18/h1-9H,10H2,(H,21,27)(H,22,23)(H,20,24,26). The number of nitro groups is 1. The third-order valence-electron chi connectivity index (χ3n) is 4.11. The topological polar surface area (TPSA) is 147 Å². The van der Waals surface area contributed by atoms with E-state index in [4.69, 9.17) is 0 Å². The van der Waals surface area contributed by atoms with E-state index in [0.717, 1.165) is 17.3 Å². The van der Waals surface area contributed by atoms with Crippen LogP contribution in [0.25, 0.3) is 22.4 Å². The number of hydrogen-bond acceptors (Lipinski definition) is 7. The number of thioether (sulfide) groups is 1. The fourth-order valence-electron chi connectivity index (χ4n) is 2.72. The Kier molecular flexibility index (Phi) is 5.26. The minimum atomic E-state index is -0.457. The van der Waals surface area contributed by atoms with E-state index in [9.17, 15) is 19.7 Å². The van der Waals surface area contributed by atoms with Crippen LogP contribution in [0.15, 0.2) is 64.7 Å². The Bertz CT molecular complexity index is 1300. The molecule has 0 aliphatic rings. The van der Waals surface area contributed by atoms with Crippen molar-refractivity contribution in [3.8, 4) is 11.4 Å². The fourth-order valence-corrected chi connectivity index (χ4v) is 3.36. The number of fused-ring (bicyclic) bond motifs is 1. The number of imidazole rings is 1. The summed E-state index contributed by atoms with van der Waals surface area (Å²) in [4.78, 5) is 47.8. The zero-order valence-electron chi connectivity index (χ0n) is 15.3. The highest BCUT2D eigenvalue weighted by molar-refractivity contribution is 7.99. The monoisotopic (exact) mass is 422 g/mol. The Hall–Kier alpha value is -3.99. The number of benzene rings is 2. The van der Waals surface area contributed by atoms with Gasteiger partial charge in [0.05, 0.1) is 21.7 Å². The number of aromatic nitrogens is 4. The number of amides is 1. The first kappa shape index (κ1) is 19.3. The van der Waals surface area contributed by atoms with Crippen LogP contribution >= 0.6 is 11.8 Å². The van der Waals surface area contributed by atoms with Crippen LogP contribution in [0.3, 0.4) is 0 Å². The maximum atomic E-state index is 12.1. The molecule has 11 heteroatoms. The van der Waals surface area contributed by atoms with Gasteiger partial charge in [-0.1, -0.05) is 11.8 Å². The highest BCUT2D eigenvalue weighted by Gasteiger charge is 2.11. The van der Waals surface area contributed by atoms with Crippen molar-refractivity contribution in [1.29, 1.82) is 0 Å². The van der Waals surface area contributed by atoms with Gasteiger partial charge in [-0.3, -0.25) is 19.7 Å². The van der Waals surface area contributed by atoms with Gasteiger partial charge in [0.25, 0.3) is 11.2 Å². The molecular weight excluding hydrogens is 408 g/mol. The number of nitrogens with zero attached hydrogens (tertiary/aromatic N) is 3. The molecule has 0 fully saturated rings. The van der Waals surface area contributed by atoms with Crippen molar-refractivity contribution in [2.75, 3.05) is 11.1 Å². The number of hydrogen-bond donors (Lipinski definition) is 3. The van der Waals surface area contributed by atoms with Crippen molar-refractivity contribution in [1.82, 2.24) is 19.9 Å². The van der Waals surface area contributed by atoms with Gasteiger partial charge in [0.2, 0.25) is 5.91 Å². The van der Waals surface area contributed by atoms with Crippen molar-refractivity contribution in [2.45, 2.75) is 5.16 Å². The fraction of sp³-hybridized carbons (Fsp3) is 0.0526. The number of nitro benzene ring substituents is 1. The first-order valence-electron chi connectivity index (χ1n) is 8.70. The molecule has 0 bridgehead atoms. The summed E-state index contributed by atoms with van der Waals surface area (Å²) in [6.07, 6.45) is 1.38. The molecule has 0 atom stereocenters. The number of nitrogens with one attached hydrogen (secondary N) is 3. The molecule has 1 amide bonds. The molecule has 2 aromatic carbocycles. The lowest BCUT2D eigenvalue weighted by atomic mass is 10.2. The van der Waals surface area contributed by atoms with Crippen molar-refractivity contribution >= 4 is 40.1 Å². The van der Waals surface area contributed by atoms with Crippen molar-refractivity contribution in [3.05, 3.63) is 75.2 Å². The van der Waals surface area contributed by atoms with Crippen LogP contribution in [0.1, 0.15) is 0 Å². The lowest BCUT2D eigenvalue weighted by molar-refractivity contribution is -0.384. The molecule has 4 rings (SSSR count). The second-order valence-corrected chi connectivity index (χ2v) is 7.16. The Labute approximate surface area is 172 Å². The predicted molar refractivity (Wildman–Crippen MR) is 112 cm³/mol. The van der Waals surface area contributed by atoms with Gasteiger partial charge in [0.15, 0.2) is 5.16 Å². The maximum absolute atomic E-state index is 12.1. The summed E-state index contributed by atoms with van der Waals surface area (Å²) in [5.41, 5.74) is 2.28. The summed E-state index contributed by atoms with van der Waals surface area (Å²) >= 11 is 1.13. The van der Waals surface area contributed by atoms with E-state index in [1.54, 1.807) is 30.3 Å². The molecule has 4 aromatic rings. The zero-order valence-corrected chi connectivity index (χ0v) is 16.1. The molecule has 30 heavy (non-hydrogen) atoms. The van der Waals surface area contributed by atoms with Gasteiger partial charge in [-0.05, 0) is 30.3 Å². The Balaban J connectivity index is 1.42. The zero-order chi connectivity index (χ0) is 21.1. The van der Waals surface area contributed by atoms with Crippen LogP contribution in [-0.2, 0) is 4.79 Å². The molecule has 0 radical (unpaired) electrons. The summed E-state index contributed by atoms with van der Waals surface area (Å²) in [7, 11) is 0. The Morgan fingerprint density at radius 1 is 1.13 bits per heavy atom. The summed E-state index contributed by atoms with van der Waals surface area (Å²) in [5.74, 6) is 0.421. The van der Waals surface area contributed by atoms with Crippen LogP contribution in [-0.4, -0.2) is 36.5 Å². The summed E-state index contributed by atoms with van der Waals surface area (Å²) in [5, 5.41) is 14.0. The van der Waals surface area contributed by atoms with Gasteiger partial charge >= 0.3 is 0 Å². The Morgan fingerprint density at radius 3 is 2.67 bits per heavy atom. The van der Waals surface area contributed by atoms with Crippen LogP contribution in [0.4, 0.5) is 11.4 Å². The van der Waals surface area contributed by atoms with E-state index >= 15 is 0 Å². The van der Waals surface area contributed by atoms with Crippen molar-refractivity contribution in [2.24, 2.45) is 0 Å². The summed E-state index contributed by atoms with van der Waals surface area (Å²) in [6, 6.07) is 12.8. The van der Waals surface area contributed by atoms with Gasteiger partial charge < -0.3 is 15.3 Å². The molecule has 0 saturated carbocycles. The van der Waals surface area contributed by atoms with Crippen LogP contribution in [0.5, 0.6) is 0 Å². The molecule has 0 spiro atoms. The number of rotatable bonds is 6. The first-order valence-corrected chi connectivity index (χ1v) is 9.69. The van der Waals surface area contributed by atoms with Crippen LogP contribution < -0.4 is 10.9 Å². The van der Waals surface area contributed by atoms with Gasteiger partial charge in [-0.15, -0.1) is 0 Å². The summed E-state index contributed by atoms with van der Waals surface area (Å²) < 4.78 is 0. The lowest BCUT2D eigenvalue weighted by Gasteiger charge is -2.05. The van der Waals surface area contributed by atoms with E-state index < -0.39 is 4.92 Å². The maximum Gasteiger partial charge on any atom is 0.271 e. The van der Waals surface area contributed by atoms with Crippen LogP contribution in [0, 0.1) is 10.1 Å². The normalized spacial score (nSPS) is 10.8.